The lowest BCUT2D eigenvalue weighted by atomic mass is 9.87. The molecule has 0 aromatic heterocycles. The van der Waals surface area contributed by atoms with Crippen molar-refractivity contribution in [3.8, 4) is 28.7 Å². The number of rotatable bonds is 8. The van der Waals surface area contributed by atoms with Gasteiger partial charge in [0.2, 0.25) is 5.75 Å². The number of fused-ring (bicyclic) bond motifs is 1. The molecular formula is C27H30ClNO5. The Balaban J connectivity index is 1.80. The van der Waals surface area contributed by atoms with E-state index in [1.165, 1.54) is 11.1 Å². The molecule has 1 heterocycles. The van der Waals surface area contributed by atoms with Crippen LogP contribution in [0.5, 0.6) is 28.7 Å². The first-order chi connectivity index (χ1) is 16.5. The minimum Gasteiger partial charge on any atom is -0.493 e. The molecule has 0 radical (unpaired) electrons. The van der Waals surface area contributed by atoms with Gasteiger partial charge in [0.1, 0.15) is 0 Å². The third-order valence-corrected chi connectivity index (χ3v) is 6.48. The van der Waals surface area contributed by atoms with E-state index in [2.05, 4.69) is 23.1 Å². The molecule has 0 saturated heterocycles. The van der Waals surface area contributed by atoms with E-state index in [4.69, 9.17) is 35.3 Å². The van der Waals surface area contributed by atoms with E-state index < -0.39 is 0 Å². The van der Waals surface area contributed by atoms with E-state index in [9.17, 15) is 0 Å². The van der Waals surface area contributed by atoms with Gasteiger partial charge in [0, 0.05) is 18.1 Å². The predicted octanol–water partition coefficient (Wildman–Crippen LogP) is 5.53. The lowest BCUT2D eigenvalue weighted by Crippen LogP contribution is -2.35. The highest BCUT2D eigenvalue weighted by atomic mass is 35.5. The molecule has 0 saturated carbocycles. The monoisotopic (exact) mass is 483 g/mol. The first-order valence-electron chi connectivity index (χ1n) is 11.1. The molecule has 0 N–H and O–H groups in total. The quantitative estimate of drug-likeness (QED) is 0.420. The minimum absolute atomic E-state index is 0.0126. The summed E-state index contributed by atoms with van der Waals surface area (Å²) in [5, 5.41) is 0.706. The molecule has 3 aromatic carbocycles. The van der Waals surface area contributed by atoms with Crippen molar-refractivity contribution in [2.45, 2.75) is 19.0 Å². The minimum atomic E-state index is -0.0126. The molecule has 7 heteroatoms. The highest BCUT2D eigenvalue weighted by Crippen LogP contribution is 2.43. The van der Waals surface area contributed by atoms with Crippen molar-refractivity contribution < 1.29 is 23.7 Å². The van der Waals surface area contributed by atoms with Gasteiger partial charge in [0.05, 0.1) is 41.6 Å². The molecular weight excluding hydrogens is 454 g/mol. The van der Waals surface area contributed by atoms with Crippen LogP contribution in [0, 0.1) is 0 Å². The number of methoxy groups -OCH3 is 5. The van der Waals surface area contributed by atoms with Crippen molar-refractivity contribution in [3.63, 3.8) is 0 Å². The molecule has 0 bridgehead atoms. The van der Waals surface area contributed by atoms with E-state index >= 15 is 0 Å². The summed E-state index contributed by atoms with van der Waals surface area (Å²) in [5.41, 5.74) is 4.60. The Morgan fingerprint density at radius 1 is 0.794 bits per heavy atom. The standard InChI is InChI=1S/C27H30ClNO5/c1-30-22-14-18-9-10-29(16-17-11-24(32-3)27(34-5)25(12-17)33-4)26(21(18)15-23(22)31-2)19-7-6-8-20(28)13-19/h6-8,11-15,26H,9-10,16H2,1-5H3/t26-/m1/s1. The summed E-state index contributed by atoms with van der Waals surface area (Å²) in [6, 6.07) is 16.2. The molecule has 180 valence electrons. The van der Waals surface area contributed by atoms with Crippen molar-refractivity contribution in [3.05, 3.63) is 75.8 Å². The van der Waals surface area contributed by atoms with Crippen molar-refractivity contribution >= 4 is 11.6 Å². The Labute approximate surface area is 205 Å². The number of hydrogen-bond donors (Lipinski definition) is 0. The van der Waals surface area contributed by atoms with E-state index in [0.717, 1.165) is 29.8 Å². The molecule has 1 atom stereocenters. The SMILES string of the molecule is COc1cc2c(cc1OC)[C@@H](c1cccc(Cl)c1)N(Cc1cc(OC)c(OC)c(OC)c1)CC2. The fraction of sp³-hybridized carbons (Fsp3) is 0.333. The Kier molecular flexibility index (Phi) is 7.39. The van der Waals surface area contributed by atoms with Crippen LogP contribution >= 0.6 is 11.6 Å². The van der Waals surface area contributed by atoms with Gasteiger partial charge < -0.3 is 23.7 Å². The van der Waals surface area contributed by atoms with Crippen molar-refractivity contribution in [1.82, 2.24) is 4.90 Å². The fourth-order valence-electron chi connectivity index (χ4n) is 4.70. The Morgan fingerprint density at radius 2 is 1.44 bits per heavy atom. The summed E-state index contributed by atoms with van der Waals surface area (Å²) in [4.78, 5) is 2.43. The van der Waals surface area contributed by atoms with Gasteiger partial charge in [-0.2, -0.15) is 0 Å². The smallest absolute Gasteiger partial charge is 0.203 e. The molecule has 6 nitrogen and oxygen atoms in total. The van der Waals surface area contributed by atoms with Gasteiger partial charge in [-0.3, -0.25) is 4.90 Å². The lowest BCUT2D eigenvalue weighted by molar-refractivity contribution is 0.203. The fourth-order valence-corrected chi connectivity index (χ4v) is 4.90. The highest BCUT2D eigenvalue weighted by molar-refractivity contribution is 6.30. The summed E-state index contributed by atoms with van der Waals surface area (Å²) < 4.78 is 27.8. The van der Waals surface area contributed by atoms with Gasteiger partial charge in [-0.25, -0.2) is 0 Å². The summed E-state index contributed by atoms with van der Waals surface area (Å²) in [5.74, 6) is 3.31. The van der Waals surface area contributed by atoms with Crippen LogP contribution in [-0.4, -0.2) is 47.0 Å². The van der Waals surface area contributed by atoms with Gasteiger partial charge in [-0.15, -0.1) is 0 Å². The summed E-state index contributed by atoms with van der Waals surface area (Å²) in [7, 11) is 8.20. The van der Waals surface area contributed by atoms with Crippen LogP contribution in [0.3, 0.4) is 0 Å². The Hall–Kier alpha value is -3.09. The largest absolute Gasteiger partial charge is 0.493 e. The first-order valence-corrected chi connectivity index (χ1v) is 11.4. The molecule has 1 aliphatic rings. The number of benzene rings is 3. The summed E-state index contributed by atoms with van der Waals surface area (Å²) in [6.45, 7) is 1.54. The third-order valence-electron chi connectivity index (χ3n) is 6.25. The molecule has 0 aliphatic carbocycles. The normalized spacial score (nSPS) is 15.4. The summed E-state index contributed by atoms with van der Waals surface area (Å²) >= 11 is 6.41. The van der Waals surface area contributed by atoms with Crippen molar-refractivity contribution in [2.75, 3.05) is 42.1 Å². The number of halogens is 1. The van der Waals surface area contributed by atoms with Crippen molar-refractivity contribution in [1.29, 1.82) is 0 Å². The van der Waals surface area contributed by atoms with Gasteiger partial charge in [0.25, 0.3) is 0 Å². The van der Waals surface area contributed by atoms with E-state index in [-0.39, 0.29) is 6.04 Å². The molecule has 0 unspecified atom stereocenters. The molecule has 34 heavy (non-hydrogen) atoms. The Morgan fingerprint density at radius 3 is 2.03 bits per heavy atom. The van der Waals surface area contributed by atoms with Crippen LogP contribution in [0.4, 0.5) is 0 Å². The maximum atomic E-state index is 6.41. The van der Waals surface area contributed by atoms with Crippen LogP contribution in [0.25, 0.3) is 0 Å². The van der Waals surface area contributed by atoms with Crippen LogP contribution < -0.4 is 23.7 Å². The number of nitrogens with zero attached hydrogens (tertiary/aromatic N) is 1. The average Bonchev–Trinajstić information content (AvgIpc) is 2.86. The van der Waals surface area contributed by atoms with E-state index in [1.807, 2.05) is 30.3 Å². The lowest BCUT2D eigenvalue weighted by Gasteiger charge is -2.38. The topological polar surface area (TPSA) is 49.4 Å². The van der Waals surface area contributed by atoms with Crippen LogP contribution in [0.2, 0.25) is 5.02 Å². The maximum absolute atomic E-state index is 6.41. The molecule has 1 aliphatic heterocycles. The number of ether oxygens (including phenoxy) is 5. The van der Waals surface area contributed by atoms with Gasteiger partial charge in [-0.1, -0.05) is 23.7 Å². The average molecular weight is 484 g/mol. The zero-order valence-corrected chi connectivity index (χ0v) is 20.9. The van der Waals surface area contributed by atoms with Crippen molar-refractivity contribution in [2.24, 2.45) is 0 Å². The van der Waals surface area contributed by atoms with Crippen LogP contribution in [-0.2, 0) is 13.0 Å². The van der Waals surface area contributed by atoms with Gasteiger partial charge in [-0.05, 0) is 65.1 Å². The molecule has 0 fully saturated rings. The van der Waals surface area contributed by atoms with Crippen LogP contribution in [0.1, 0.15) is 28.3 Å². The van der Waals surface area contributed by atoms with Gasteiger partial charge in [0.15, 0.2) is 23.0 Å². The van der Waals surface area contributed by atoms with Crippen LogP contribution in [0.15, 0.2) is 48.5 Å². The number of hydrogen-bond acceptors (Lipinski definition) is 6. The second-order valence-electron chi connectivity index (χ2n) is 8.12. The zero-order chi connectivity index (χ0) is 24.2. The predicted molar refractivity (Wildman–Crippen MR) is 133 cm³/mol. The van der Waals surface area contributed by atoms with E-state index in [1.54, 1.807) is 35.5 Å². The van der Waals surface area contributed by atoms with Gasteiger partial charge >= 0.3 is 0 Å². The second kappa shape index (κ2) is 10.5. The maximum Gasteiger partial charge on any atom is 0.203 e. The molecule has 0 amide bonds. The molecule has 4 rings (SSSR count). The molecule has 0 spiro atoms. The van der Waals surface area contributed by atoms with E-state index in [0.29, 0.717) is 34.6 Å². The summed E-state index contributed by atoms with van der Waals surface area (Å²) in [6.07, 6.45) is 0.886. The zero-order valence-electron chi connectivity index (χ0n) is 20.2. The third kappa shape index (κ3) is 4.61. The second-order valence-corrected chi connectivity index (χ2v) is 8.55. The Bertz CT molecular complexity index is 1140. The molecule has 3 aromatic rings. The highest BCUT2D eigenvalue weighted by Gasteiger charge is 2.31. The first kappa shape index (κ1) is 24.0.